The molecule has 0 saturated carbocycles. The third kappa shape index (κ3) is 6.42. The molecule has 9 nitrogen and oxygen atoms in total. The van der Waals surface area contributed by atoms with Crippen molar-refractivity contribution in [1.29, 1.82) is 0 Å². The summed E-state index contributed by atoms with van der Waals surface area (Å²) in [6.07, 6.45) is 0. The Labute approximate surface area is 193 Å². The van der Waals surface area contributed by atoms with Gasteiger partial charge in [0.05, 0.1) is 27.5 Å². The fourth-order valence-corrected chi connectivity index (χ4v) is 5.04. The van der Waals surface area contributed by atoms with Gasteiger partial charge in [0.1, 0.15) is 5.75 Å². The van der Waals surface area contributed by atoms with E-state index in [9.17, 15) is 21.6 Å². The lowest BCUT2D eigenvalue weighted by Gasteiger charge is -2.15. The summed E-state index contributed by atoms with van der Waals surface area (Å²) in [5.41, 5.74) is 0.657. The van der Waals surface area contributed by atoms with E-state index in [1.807, 2.05) is 0 Å². The number of halogens is 1. The van der Waals surface area contributed by atoms with Crippen LogP contribution in [0, 0.1) is 0 Å². The van der Waals surface area contributed by atoms with Gasteiger partial charge >= 0.3 is 0 Å². The molecule has 1 amide bonds. The molecule has 0 aromatic heterocycles. The lowest BCUT2D eigenvalue weighted by atomic mass is 10.2. The zero-order valence-electron chi connectivity index (χ0n) is 18.1. The van der Waals surface area contributed by atoms with Crippen molar-refractivity contribution >= 4 is 37.6 Å². The summed E-state index contributed by atoms with van der Waals surface area (Å²) >= 11 is 6.05. The molecule has 0 saturated heterocycles. The minimum absolute atomic E-state index is 0.0942. The van der Waals surface area contributed by atoms with Gasteiger partial charge in [-0.15, -0.1) is 0 Å². The summed E-state index contributed by atoms with van der Waals surface area (Å²) in [6, 6.07) is 9.03. The minimum atomic E-state index is -3.99. The molecule has 0 aliphatic heterocycles. The van der Waals surface area contributed by atoms with Crippen LogP contribution in [0.3, 0.4) is 0 Å². The van der Waals surface area contributed by atoms with Crippen LogP contribution >= 0.6 is 11.6 Å². The normalized spacial score (nSPS) is 13.1. The first-order valence-electron chi connectivity index (χ1n) is 9.62. The molecule has 176 valence electrons. The molecule has 0 aliphatic carbocycles. The van der Waals surface area contributed by atoms with Gasteiger partial charge in [0.2, 0.25) is 26.0 Å². The lowest BCUT2D eigenvalue weighted by molar-refractivity contribution is -0.122. The van der Waals surface area contributed by atoms with E-state index in [-0.39, 0.29) is 21.4 Å². The van der Waals surface area contributed by atoms with Crippen molar-refractivity contribution in [2.45, 2.75) is 36.2 Å². The van der Waals surface area contributed by atoms with Gasteiger partial charge in [0, 0.05) is 20.6 Å². The Kier molecular flexibility index (Phi) is 8.66. The largest absolute Gasteiger partial charge is 0.492 e. The number of nitrogens with zero attached hydrogens (tertiary/aromatic N) is 1. The van der Waals surface area contributed by atoms with Crippen LogP contribution in [-0.2, 0) is 31.4 Å². The minimum Gasteiger partial charge on any atom is -0.492 e. The number of hydrogen-bond acceptors (Lipinski definition) is 6. The van der Waals surface area contributed by atoms with Gasteiger partial charge < -0.3 is 10.1 Å². The Morgan fingerprint density at radius 3 is 2.19 bits per heavy atom. The molecule has 12 heteroatoms. The second kappa shape index (κ2) is 10.6. The summed E-state index contributed by atoms with van der Waals surface area (Å²) in [5, 5.41) is 2.76. The van der Waals surface area contributed by atoms with Crippen LogP contribution < -0.4 is 14.8 Å². The standard InChI is InChI=1S/C20H26ClN3O6S2/c1-5-30-19-11-10-17(12-18(19)21)31(26,27)23-14(2)20(25)22-13-15-6-8-16(9-7-15)32(28,29)24(3)4/h6-12,14,23H,5,13H2,1-4H3,(H,22,25)/t14-/m1/s1. The van der Waals surface area contributed by atoms with Crippen LogP contribution in [0.5, 0.6) is 5.75 Å². The van der Waals surface area contributed by atoms with Gasteiger partial charge in [0.15, 0.2) is 0 Å². The highest BCUT2D eigenvalue weighted by Crippen LogP contribution is 2.27. The van der Waals surface area contributed by atoms with E-state index in [1.54, 1.807) is 19.1 Å². The molecule has 2 aromatic carbocycles. The van der Waals surface area contributed by atoms with Gasteiger partial charge in [-0.1, -0.05) is 23.7 Å². The smallest absolute Gasteiger partial charge is 0.242 e. The molecule has 2 rings (SSSR count). The van der Waals surface area contributed by atoms with Gasteiger partial charge in [-0.25, -0.2) is 21.1 Å². The number of benzene rings is 2. The first-order chi connectivity index (χ1) is 14.9. The average molecular weight is 504 g/mol. The summed E-state index contributed by atoms with van der Waals surface area (Å²) in [4.78, 5) is 12.4. The number of hydrogen-bond donors (Lipinski definition) is 2. The Morgan fingerprint density at radius 2 is 1.66 bits per heavy atom. The Morgan fingerprint density at radius 1 is 1.06 bits per heavy atom. The SMILES string of the molecule is CCOc1ccc(S(=O)(=O)N[C@H](C)C(=O)NCc2ccc(S(=O)(=O)N(C)C)cc2)cc1Cl. The number of amides is 1. The topological polar surface area (TPSA) is 122 Å². The Bertz CT molecular complexity index is 1170. The second-order valence-electron chi connectivity index (χ2n) is 7.02. The van der Waals surface area contributed by atoms with E-state index in [2.05, 4.69) is 10.0 Å². The van der Waals surface area contributed by atoms with Crippen molar-refractivity contribution in [3.63, 3.8) is 0 Å². The van der Waals surface area contributed by atoms with Crippen LogP contribution in [-0.4, -0.2) is 53.8 Å². The molecule has 32 heavy (non-hydrogen) atoms. The van der Waals surface area contributed by atoms with Gasteiger partial charge in [-0.2, -0.15) is 4.72 Å². The van der Waals surface area contributed by atoms with Crippen LogP contribution in [0.4, 0.5) is 0 Å². The summed E-state index contributed by atoms with van der Waals surface area (Å²) in [6.45, 7) is 3.68. The van der Waals surface area contributed by atoms with Gasteiger partial charge in [-0.3, -0.25) is 4.79 Å². The quantitative estimate of drug-likeness (QED) is 0.511. The van der Waals surface area contributed by atoms with Crippen molar-refractivity contribution in [2.75, 3.05) is 20.7 Å². The molecule has 1 atom stereocenters. The number of carbonyl (C=O) groups is 1. The van der Waals surface area contributed by atoms with E-state index in [0.29, 0.717) is 17.9 Å². The maximum absolute atomic E-state index is 12.6. The zero-order chi connectivity index (χ0) is 24.1. The molecular formula is C20H26ClN3O6S2. The van der Waals surface area contributed by atoms with Crippen LogP contribution in [0.15, 0.2) is 52.3 Å². The summed E-state index contributed by atoms with van der Waals surface area (Å²) in [5.74, 6) is -0.182. The third-order valence-electron chi connectivity index (χ3n) is 4.41. The highest BCUT2D eigenvalue weighted by Gasteiger charge is 2.23. The van der Waals surface area contributed by atoms with Gasteiger partial charge in [0.25, 0.3) is 0 Å². The molecule has 0 radical (unpaired) electrons. The molecular weight excluding hydrogens is 478 g/mol. The summed E-state index contributed by atoms with van der Waals surface area (Å²) < 4.78 is 58.0. The van der Waals surface area contributed by atoms with E-state index < -0.39 is 32.0 Å². The fourth-order valence-electron chi connectivity index (χ4n) is 2.61. The van der Waals surface area contributed by atoms with E-state index >= 15 is 0 Å². The lowest BCUT2D eigenvalue weighted by Crippen LogP contribution is -2.44. The summed E-state index contributed by atoms with van der Waals surface area (Å²) in [7, 11) is -4.66. The molecule has 0 spiro atoms. The third-order valence-corrected chi connectivity index (χ3v) is 8.07. The first-order valence-corrected chi connectivity index (χ1v) is 12.9. The molecule has 2 N–H and O–H groups in total. The average Bonchev–Trinajstić information content (AvgIpc) is 2.73. The molecule has 0 fully saturated rings. The molecule has 0 heterocycles. The van der Waals surface area contributed by atoms with Crippen LogP contribution in [0.1, 0.15) is 19.4 Å². The Balaban J connectivity index is 2.00. The maximum Gasteiger partial charge on any atom is 0.242 e. The molecule has 2 aromatic rings. The number of nitrogens with one attached hydrogen (secondary N) is 2. The highest BCUT2D eigenvalue weighted by atomic mass is 35.5. The van der Waals surface area contributed by atoms with Crippen LogP contribution in [0.2, 0.25) is 5.02 Å². The monoisotopic (exact) mass is 503 g/mol. The van der Waals surface area contributed by atoms with Crippen molar-refractivity contribution in [2.24, 2.45) is 0 Å². The first kappa shape index (κ1) is 26.1. The van der Waals surface area contributed by atoms with Crippen molar-refractivity contribution in [3.8, 4) is 5.75 Å². The number of carbonyl (C=O) groups excluding carboxylic acids is 1. The van der Waals surface area contributed by atoms with E-state index in [1.165, 1.54) is 51.4 Å². The molecule has 0 unspecified atom stereocenters. The highest BCUT2D eigenvalue weighted by molar-refractivity contribution is 7.89. The number of ether oxygens (including phenoxy) is 1. The van der Waals surface area contributed by atoms with Crippen LogP contribution in [0.25, 0.3) is 0 Å². The predicted molar refractivity (Wildman–Crippen MR) is 122 cm³/mol. The van der Waals surface area contributed by atoms with E-state index in [0.717, 1.165) is 4.31 Å². The zero-order valence-corrected chi connectivity index (χ0v) is 20.5. The van der Waals surface area contributed by atoms with Crippen molar-refractivity contribution in [1.82, 2.24) is 14.3 Å². The fraction of sp³-hybridized carbons (Fsp3) is 0.350. The van der Waals surface area contributed by atoms with Gasteiger partial charge in [-0.05, 0) is 49.7 Å². The Hall–Kier alpha value is -2.18. The maximum atomic E-state index is 12.6. The number of sulfonamides is 2. The second-order valence-corrected chi connectivity index (χ2v) is 11.3. The number of rotatable bonds is 10. The molecule has 0 aliphatic rings. The predicted octanol–water partition coefficient (Wildman–Crippen LogP) is 1.97. The molecule has 0 bridgehead atoms. The van der Waals surface area contributed by atoms with Crippen molar-refractivity contribution < 1.29 is 26.4 Å². The van der Waals surface area contributed by atoms with Crippen molar-refractivity contribution in [3.05, 3.63) is 53.1 Å². The van der Waals surface area contributed by atoms with E-state index in [4.69, 9.17) is 16.3 Å².